The van der Waals surface area contributed by atoms with Crippen LogP contribution in [0.1, 0.15) is 49.8 Å². The molecular weight excluding hydrogens is 340 g/mol. The Kier molecular flexibility index (Phi) is 4.21. The number of rotatable bonds is 3. The van der Waals surface area contributed by atoms with E-state index in [1.807, 2.05) is 43.3 Å². The maximum absolute atomic E-state index is 13.1. The Morgan fingerprint density at radius 1 is 0.926 bits per heavy atom. The van der Waals surface area contributed by atoms with E-state index in [9.17, 15) is 15.0 Å². The lowest BCUT2D eigenvalue weighted by Crippen LogP contribution is -2.21. The minimum atomic E-state index is -0.515. The molecule has 0 heterocycles. The van der Waals surface area contributed by atoms with Crippen LogP contribution in [0.2, 0.25) is 0 Å². The topological polar surface area (TPSA) is 66.8 Å². The van der Waals surface area contributed by atoms with Gasteiger partial charge in [0.15, 0.2) is 0 Å². The number of aryl methyl sites for hydroxylation is 1. The zero-order chi connectivity index (χ0) is 19.1. The van der Waals surface area contributed by atoms with Crippen LogP contribution in [0, 0.1) is 6.92 Å². The first kappa shape index (κ1) is 17.3. The van der Waals surface area contributed by atoms with E-state index >= 15 is 0 Å². The number of ketones is 1. The van der Waals surface area contributed by atoms with Crippen LogP contribution in [0.15, 0.2) is 54.6 Å². The summed E-state index contributed by atoms with van der Waals surface area (Å²) in [7, 11) is 1.55. The second kappa shape index (κ2) is 6.56. The van der Waals surface area contributed by atoms with Crippen LogP contribution in [0.5, 0.6) is 11.5 Å². The first-order chi connectivity index (χ1) is 13.0. The SMILES string of the molecule is COC1c2cccc(O)c2C(=O)c2c1ccc(Cc1ccc(C)cc1)c2O. The Labute approximate surface area is 157 Å². The molecule has 0 aromatic heterocycles. The third-order valence-corrected chi connectivity index (χ3v) is 5.14. The fourth-order valence-electron chi connectivity index (χ4n) is 3.75. The number of hydrogen-bond donors (Lipinski definition) is 2. The minimum absolute atomic E-state index is 0.0472. The van der Waals surface area contributed by atoms with Gasteiger partial charge in [-0.1, -0.05) is 54.1 Å². The molecule has 0 aliphatic heterocycles. The molecule has 4 rings (SSSR count). The highest BCUT2D eigenvalue weighted by molar-refractivity contribution is 6.16. The van der Waals surface area contributed by atoms with E-state index in [1.165, 1.54) is 11.6 Å². The Bertz CT molecular complexity index is 1030. The smallest absolute Gasteiger partial charge is 0.201 e. The maximum atomic E-state index is 13.1. The lowest BCUT2D eigenvalue weighted by atomic mass is 9.80. The van der Waals surface area contributed by atoms with Crippen molar-refractivity contribution in [2.75, 3.05) is 7.11 Å². The van der Waals surface area contributed by atoms with Gasteiger partial charge in [0.1, 0.15) is 17.6 Å². The third-order valence-electron chi connectivity index (χ3n) is 5.14. The fourth-order valence-corrected chi connectivity index (χ4v) is 3.75. The molecule has 0 amide bonds. The van der Waals surface area contributed by atoms with Crippen molar-refractivity contribution in [1.29, 1.82) is 0 Å². The molecule has 3 aromatic carbocycles. The highest BCUT2D eigenvalue weighted by Gasteiger charge is 2.35. The van der Waals surface area contributed by atoms with Crippen LogP contribution < -0.4 is 0 Å². The largest absolute Gasteiger partial charge is 0.507 e. The second-order valence-electron chi connectivity index (χ2n) is 6.89. The van der Waals surface area contributed by atoms with Gasteiger partial charge in [0, 0.05) is 24.7 Å². The first-order valence-corrected chi connectivity index (χ1v) is 8.81. The lowest BCUT2D eigenvalue weighted by molar-refractivity contribution is 0.0978. The van der Waals surface area contributed by atoms with Gasteiger partial charge >= 0.3 is 0 Å². The van der Waals surface area contributed by atoms with E-state index < -0.39 is 6.10 Å². The summed E-state index contributed by atoms with van der Waals surface area (Å²) in [4.78, 5) is 13.1. The van der Waals surface area contributed by atoms with Crippen molar-refractivity contribution in [1.82, 2.24) is 0 Å². The zero-order valence-electron chi connectivity index (χ0n) is 15.2. The molecule has 4 heteroatoms. The molecule has 3 aromatic rings. The monoisotopic (exact) mass is 360 g/mol. The number of carbonyl (C=O) groups excluding carboxylic acids is 1. The Morgan fingerprint density at radius 3 is 2.33 bits per heavy atom. The third kappa shape index (κ3) is 2.78. The molecule has 1 aliphatic carbocycles. The Hall–Kier alpha value is -3.11. The number of aromatic hydroxyl groups is 2. The summed E-state index contributed by atoms with van der Waals surface area (Å²) < 4.78 is 5.60. The summed E-state index contributed by atoms with van der Waals surface area (Å²) in [5.74, 6) is -0.530. The molecule has 2 N–H and O–H groups in total. The molecule has 0 spiro atoms. The molecule has 0 saturated heterocycles. The number of methoxy groups -OCH3 is 1. The summed E-state index contributed by atoms with van der Waals surface area (Å²) in [6.45, 7) is 2.02. The predicted octanol–water partition coefficient (Wildman–Crippen LogP) is 4.28. The maximum Gasteiger partial charge on any atom is 0.201 e. The van der Waals surface area contributed by atoms with Crippen LogP contribution in [0.25, 0.3) is 0 Å². The molecule has 0 fully saturated rings. The number of ether oxygens (including phenoxy) is 1. The molecular formula is C23H20O4. The molecule has 0 radical (unpaired) electrons. The van der Waals surface area contributed by atoms with Crippen LogP contribution in [-0.2, 0) is 11.2 Å². The van der Waals surface area contributed by atoms with Crippen LogP contribution in [0.4, 0.5) is 0 Å². The Morgan fingerprint density at radius 2 is 1.63 bits per heavy atom. The number of benzene rings is 3. The number of hydrogen-bond acceptors (Lipinski definition) is 4. The zero-order valence-corrected chi connectivity index (χ0v) is 15.2. The lowest BCUT2D eigenvalue weighted by Gasteiger charge is -2.28. The molecule has 0 saturated carbocycles. The van der Waals surface area contributed by atoms with Crippen molar-refractivity contribution in [2.24, 2.45) is 0 Å². The van der Waals surface area contributed by atoms with Gasteiger partial charge < -0.3 is 14.9 Å². The molecule has 27 heavy (non-hydrogen) atoms. The van der Waals surface area contributed by atoms with Gasteiger partial charge in [0.25, 0.3) is 0 Å². The van der Waals surface area contributed by atoms with Gasteiger partial charge in [0.05, 0.1) is 11.1 Å². The summed E-state index contributed by atoms with van der Waals surface area (Å²) in [6.07, 6.45) is -0.00284. The standard InChI is InChI=1S/C23H20O4/c1-13-6-8-14(9-7-13)12-15-10-11-17-20(21(15)25)22(26)19-16(23(17)27-2)4-3-5-18(19)24/h3-11,23-25H,12H2,1-2H3. The van der Waals surface area contributed by atoms with Crippen LogP contribution in [0.3, 0.4) is 0 Å². The predicted molar refractivity (Wildman–Crippen MR) is 102 cm³/mol. The highest BCUT2D eigenvalue weighted by Crippen LogP contribution is 2.44. The van der Waals surface area contributed by atoms with E-state index in [1.54, 1.807) is 19.2 Å². The summed E-state index contributed by atoms with van der Waals surface area (Å²) in [5.41, 5.74) is 4.51. The normalized spacial score (nSPS) is 15.3. The van der Waals surface area contributed by atoms with Gasteiger partial charge in [-0.05, 0) is 24.1 Å². The number of fused-ring (bicyclic) bond motifs is 2. The van der Waals surface area contributed by atoms with Crippen molar-refractivity contribution >= 4 is 5.78 Å². The summed E-state index contributed by atoms with van der Waals surface area (Å²) in [5, 5.41) is 21.1. The van der Waals surface area contributed by atoms with E-state index in [0.29, 0.717) is 23.1 Å². The molecule has 1 atom stereocenters. The van der Waals surface area contributed by atoms with Crippen molar-refractivity contribution < 1.29 is 19.7 Å². The van der Waals surface area contributed by atoms with Crippen LogP contribution in [-0.4, -0.2) is 23.1 Å². The van der Waals surface area contributed by atoms with E-state index in [-0.39, 0.29) is 28.4 Å². The number of carbonyl (C=O) groups is 1. The summed E-state index contributed by atoms with van der Waals surface area (Å²) in [6, 6.07) is 16.6. The van der Waals surface area contributed by atoms with Gasteiger partial charge in [-0.2, -0.15) is 0 Å². The first-order valence-electron chi connectivity index (χ1n) is 8.81. The average Bonchev–Trinajstić information content (AvgIpc) is 2.66. The van der Waals surface area contributed by atoms with Gasteiger partial charge in [-0.25, -0.2) is 0 Å². The molecule has 1 aliphatic rings. The minimum Gasteiger partial charge on any atom is -0.507 e. The molecule has 4 nitrogen and oxygen atoms in total. The van der Waals surface area contributed by atoms with Crippen molar-refractivity contribution in [3.8, 4) is 11.5 Å². The van der Waals surface area contributed by atoms with Crippen molar-refractivity contribution in [3.05, 3.63) is 93.5 Å². The van der Waals surface area contributed by atoms with E-state index in [0.717, 1.165) is 5.56 Å². The number of phenolic OH excluding ortho intramolecular Hbond substituents is 2. The van der Waals surface area contributed by atoms with Gasteiger partial charge in [-0.15, -0.1) is 0 Å². The van der Waals surface area contributed by atoms with E-state index in [2.05, 4.69) is 0 Å². The van der Waals surface area contributed by atoms with E-state index in [4.69, 9.17) is 4.74 Å². The van der Waals surface area contributed by atoms with Gasteiger partial charge in [0.2, 0.25) is 5.78 Å². The summed E-state index contributed by atoms with van der Waals surface area (Å²) >= 11 is 0. The number of phenols is 2. The fraction of sp³-hybridized carbons (Fsp3) is 0.174. The highest BCUT2D eigenvalue weighted by atomic mass is 16.5. The quantitative estimate of drug-likeness (QED) is 0.732. The molecule has 136 valence electrons. The average molecular weight is 360 g/mol. The molecule has 1 unspecified atom stereocenters. The second-order valence-corrected chi connectivity index (χ2v) is 6.89. The van der Waals surface area contributed by atoms with Crippen molar-refractivity contribution in [2.45, 2.75) is 19.4 Å². The Balaban J connectivity index is 1.84. The van der Waals surface area contributed by atoms with Crippen molar-refractivity contribution in [3.63, 3.8) is 0 Å². The van der Waals surface area contributed by atoms with Gasteiger partial charge in [-0.3, -0.25) is 4.79 Å². The van der Waals surface area contributed by atoms with Crippen LogP contribution >= 0.6 is 0 Å². The molecule has 0 bridgehead atoms.